The van der Waals surface area contributed by atoms with E-state index in [1.165, 1.54) is 13.8 Å². The van der Waals surface area contributed by atoms with E-state index in [2.05, 4.69) is 0 Å². The molecule has 0 saturated heterocycles. The molecule has 30 heavy (non-hydrogen) atoms. The quantitative estimate of drug-likeness (QED) is 0.726. The summed E-state index contributed by atoms with van der Waals surface area (Å²) in [6.45, 7) is 3.75. The number of nitrogens with zero attached hydrogens (tertiary/aromatic N) is 1. The van der Waals surface area contributed by atoms with Gasteiger partial charge in [0, 0.05) is 6.92 Å². The molecular formula is C21H18F3NO4S. The van der Waals surface area contributed by atoms with Crippen LogP contribution < -0.4 is 0 Å². The molecule has 1 heterocycles. The zero-order chi connectivity index (χ0) is 22.5. The van der Waals surface area contributed by atoms with Gasteiger partial charge in [0.2, 0.25) is 5.91 Å². The van der Waals surface area contributed by atoms with E-state index >= 15 is 0 Å². The first kappa shape index (κ1) is 21.8. The van der Waals surface area contributed by atoms with E-state index in [4.69, 9.17) is 0 Å². The molecule has 0 bridgehead atoms. The molecule has 1 aliphatic rings. The Morgan fingerprint density at radius 3 is 2.00 bits per heavy atom. The van der Waals surface area contributed by atoms with Gasteiger partial charge in [-0.2, -0.15) is 13.2 Å². The van der Waals surface area contributed by atoms with Gasteiger partial charge in [0.05, 0.1) is 16.2 Å². The summed E-state index contributed by atoms with van der Waals surface area (Å²) in [4.78, 5) is 25.8. The first-order chi connectivity index (χ1) is 13.8. The van der Waals surface area contributed by atoms with Gasteiger partial charge in [-0.3, -0.25) is 9.59 Å². The van der Waals surface area contributed by atoms with Crippen molar-refractivity contribution in [2.75, 3.05) is 0 Å². The first-order valence-electron chi connectivity index (χ1n) is 8.87. The second-order valence-corrected chi connectivity index (χ2v) is 9.35. The van der Waals surface area contributed by atoms with Gasteiger partial charge in [0.25, 0.3) is 5.91 Å². The number of rotatable bonds is 3. The first-order valence-corrected chi connectivity index (χ1v) is 10.4. The summed E-state index contributed by atoms with van der Waals surface area (Å²) in [7, 11) is -4.47. The Labute approximate surface area is 171 Å². The van der Waals surface area contributed by atoms with Crippen molar-refractivity contribution in [2.45, 2.75) is 36.6 Å². The lowest BCUT2D eigenvalue weighted by atomic mass is 10.0. The number of imide groups is 1. The summed E-state index contributed by atoms with van der Waals surface area (Å²) < 4.78 is 63.2. The maximum absolute atomic E-state index is 13.4. The highest BCUT2D eigenvalue weighted by molar-refractivity contribution is 7.94. The molecule has 0 aliphatic carbocycles. The van der Waals surface area contributed by atoms with Crippen LogP contribution >= 0.6 is 0 Å². The molecule has 3 rings (SSSR count). The van der Waals surface area contributed by atoms with Crippen LogP contribution in [0.25, 0.3) is 5.70 Å². The molecule has 2 amide bonds. The smallest absolute Gasteiger partial charge is 0.274 e. The van der Waals surface area contributed by atoms with Crippen molar-refractivity contribution in [3.63, 3.8) is 0 Å². The fraction of sp³-hybridized carbons (Fsp3) is 0.238. The molecule has 2 aromatic rings. The Bertz CT molecular complexity index is 1150. The summed E-state index contributed by atoms with van der Waals surface area (Å²) >= 11 is 0. The topological polar surface area (TPSA) is 71.5 Å². The second-order valence-electron chi connectivity index (χ2n) is 7.06. The van der Waals surface area contributed by atoms with Gasteiger partial charge >= 0.3 is 6.18 Å². The fourth-order valence-electron chi connectivity index (χ4n) is 3.49. The molecule has 1 aliphatic heterocycles. The van der Waals surface area contributed by atoms with Crippen molar-refractivity contribution in [1.82, 2.24) is 4.90 Å². The average Bonchev–Trinajstić information content (AvgIpc) is 2.90. The molecule has 1 unspecified atom stereocenters. The van der Waals surface area contributed by atoms with Gasteiger partial charge in [0.1, 0.15) is 0 Å². The lowest BCUT2D eigenvalue weighted by Crippen LogP contribution is -2.47. The maximum atomic E-state index is 13.4. The number of halogens is 3. The van der Waals surface area contributed by atoms with E-state index in [0.29, 0.717) is 17.7 Å². The molecule has 9 heteroatoms. The second kappa shape index (κ2) is 7.09. The Morgan fingerprint density at radius 1 is 1.00 bits per heavy atom. The van der Waals surface area contributed by atoms with E-state index in [-0.39, 0.29) is 11.3 Å². The minimum absolute atomic E-state index is 0.119. The molecule has 5 nitrogen and oxygen atoms in total. The standard InChI is InChI=1S/C21H18F3NO4S/c1-13-18(15-7-5-4-6-8-15)25(14(2)26)19(27)20(13,3)30(28,29)17-11-9-16(10-12-17)21(22,23)24/h4-12H,1-3H3. The lowest BCUT2D eigenvalue weighted by molar-refractivity contribution is -0.139. The third-order valence-electron chi connectivity index (χ3n) is 5.30. The normalized spacial score (nSPS) is 20.1. The molecule has 2 aromatic carbocycles. The zero-order valence-electron chi connectivity index (χ0n) is 16.3. The average molecular weight is 437 g/mol. The molecule has 0 saturated carbocycles. The fourth-order valence-corrected chi connectivity index (χ4v) is 5.27. The Balaban J connectivity index is 2.21. The van der Waals surface area contributed by atoms with E-state index in [1.807, 2.05) is 0 Å². The summed E-state index contributed by atoms with van der Waals surface area (Å²) in [5.74, 6) is -1.63. The number of hydrogen-bond acceptors (Lipinski definition) is 4. The van der Waals surface area contributed by atoms with Gasteiger partial charge in [-0.1, -0.05) is 30.3 Å². The highest BCUT2D eigenvalue weighted by Crippen LogP contribution is 2.45. The summed E-state index contributed by atoms with van der Waals surface area (Å²) in [6.07, 6.45) is -4.63. The molecule has 0 fully saturated rings. The molecular weight excluding hydrogens is 419 g/mol. The lowest BCUT2D eigenvalue weighted by Gasteiger charge is -2.25. The van der Waals surface area contributed by atoms with Crippen LogP contribution in [-0.2, 0) is 25.6 Å². The number of amides is 2. The van der Waals surface area contributed by atoms with Crippen molar-refractivity contribution in [2.24, 2.45) is 0 Å². The van der Waals surface area contributed by atoms with Crippen LogP contribution in [0.5, 0.6) is 0 Å². The third-order valence-corrected chi connectivity index (χ3v) is 7.75. The molecule has 0 spiro atoms. The summed E-state index contributed by atoms with van der Waals surface area (Å²) in [5, 5.41) is 0. The maximum Gasteiger partial charge on any atom is 0.416 e. The van der Waals surface area contributed by atoms with Gasteiger partial charge < -0.3 is 0 Å². The minimum atomic E-state index is -4.63. The van der Waals surface area contributed by atoms with Crippen LogP contribution in [-0.4, -0.2) is 29.9 Å². The van der Waals surface area contributed by atoms with E-state index in [1.54, 1.807) is 30.3 Å². The zero-order valence-corrected chi connectivity index (χ0v) is 17.1. The number of benzene rings is 2. The largest absolute Gasteiger partial charge is 0.416 e. The van der Waals surface area contributed by atoms with E-state index in [0.717, 1.165) is 24.0 Å². The van der Waals surface area contributed by atoms with Crippen molar-refractivity contribution < 1.29 is 31.2 Å². The van der Waals surface area contributed by atoms with E-state index in [9.17, 15) is 31.2 Å². The predicted octanol–water partition coefficient (Wildman–Crippen LogP) is 4.06. The van der Waals surface area contributed by atoms with Crippen LogP contribution in [0.15, 0.2) is 65.1 Å². The third kappa shape index (κ3) is 3.13. The number of alkyl halides is 3. The Morgan fingerprint density at radius 2 is 1.53 bits per heavy atom. The molecule has 0 aromatic heterocycles. The monoisotopic (exact) mass is 437 g/mol. The van der Waals surface area contributed by atoms with Crippen LogP contribution in [0.3, 0.4) is 0 Å². The highest BCUT2D eigenvalue weighted by atomic mass is 32.2. The van der Waals surface area contributed by atoms with Gasteiger partial charge in [-0.25, -0.2) is 13.3 Å². The van der Waals surface area contributed by atoms with E-state index < -0.39 is 43.0 Å². The predicted molar refractivity (Wildman–Crippen MR) is 104 cm³/mol. The SMILES string of the molecule is CC(=O)N1C(=O)C(C)(S(=O)(=O)c2ccc(C(F)(F)F)cc2)C(C)=C1c1ccccc1. The summed E-state index contributed by atoms with van der Waals surface area (Å²) in [5.41, 5.74) is -0.253. The molecule has 0 N–H and O–H groups in total. The molecule has 158 valence electrons. The molecule has 0 radical (unpaired) electrons. The van der Waals surface area contributed by atoms with Crippen LogP contribution in [0.1, 0.15) is 31.9 Å². The van der Waals surface area contributed by atoms with Crippen molar-refractivity contribution in [1.29, 1.82) is 0 Å². The summed E-state index contributed by atoms with van der Waals surface area (Å²) in [6, 6.07) is 11.3. The number of carbonyl (C=O) groups is 2. The van der Waals surface area contributed by atoms with Crippen molar-refractivity contribution in [3.05, 3.63) is 71.3 Å². The Hall–Kier alpha value is -2.94. The van der Waals surface area contributed by atoms with Gasteiger partial charge in [-0.05, 0) is 49.2 Å². The van der Waals surface area contributed by atoms with Crippen LogP contribution in [0.2, 0.25) is 0 Å². The van der Waals surface area contributed by atoms with Gasteiger partial charge in [-0.15, -0.1) is 0 Å². The number of carbonyl (C=O) groups excluding carboxylic acids is 2. The Kier molecular flexibility index (Phi) is 5.14. The van der Waals surface area contributed by atoms with Crippen molar-refractivity contribution >= 4 is 27.3 Å². The molecule has 1 atom stereocenters. The van der Waals surface area contributed by atoms with Crippen molar-refractivity contribution in [3.8, 4) is 0 Å². The van der Waals surface area contributed by atoms with Gasteiger partial charge in [0.15, 0.2) is 14.6 Å². The van der Waals surface area contributed by atoms with Crippen LogP contribution in [0.4, 0.5) is 13.2 Å². The minimum Gasteiger partial charge on any atom is -0.274 e. The highest BCUT2D eigenvalue weighted by Gasteiger charge is 2.58. The van der Waals surface area contributed by atoms with Crippen LogP contribution in [0, 0.1) is 0 Å². The number of hydrogen-bond donors (Lipinski definition) is 0. The number of sulfone groups is 1.